The van der Waals surface area contributed by atoms with Gasteiger partial charge < -0.3 is 14.6 Å². The molecule has 0 bridgehead atoms. The number of esters is 1. The molecular weight excluding hydrogens is 276 g/mol. The van der Waals surface area contributed by atoms with Crippen molar-refractivity contribution in [3.63, 3.8) is 0 Å². The fourth-order valence-electron chi connectivity index (χ4n) is 3.32. The van der Waals surface area contributed by atoms with Crippen LogP contribution in [-0.2, 0) is 22.0 Å². The Bertz CT molecular complexity index is 769. The molecule has 0 spiro atoms. The summed E-state index contributed by atoms with van der Waals surface area (Å²) >= 11 is 0. The summed E-state index contributed by atoms with van der Waals surface area (Å²) < 4.78 is 7.35. The SMILES string of the molecule is CCOC(=O)C1=CNCC(C)(C)c2c1n(C)c1ccccc21. The Labute approximate surface area is 130 Å². The molecule has 1 aliphatic heterocycles. The Hall–Kier alpha value is -2.23. The van der Waals surface area contributed by atoms with Crippen LogP contribution in [0.25, 0.3) is 16.5 Å². The van der Waals surface area contributed by atoms with Crippen LogP contribution in [0.4, 0.5) is 0 Å². The van der Waals surface area contributed by atoms with E-state index in [-0.39, 0.29) is 11.4 Å². The number of carbonyl (C=O) groups excluding carboxylic acids is 1. The minimum Gasteiger partial charge on any atom is -0.462 e. The van der Waals surface area contributed by atoms with Crippen LogP contribution in [0.5, 0.6) is 0 Å². The number of fused-ring (bicyclic) bond motifs is 3. The molecule has 0 unspecified atom stereocenters. The number of aryl methyl sites for hydroxylation is 1. The number of hydrogen-bond donors (Lipinski definition) is 1. The van der Waals surface area contributed by atoms with Crippen molar-refractivity contribution in [2.45, 2.75) is 26.2 Å². The predicted octanol–water partition coefficient (Wildman–Crippen LogP) is 2.96. The summed E-state index contributed by atoms with van der Waals surface area (Å²) in [7, 11) is 2.01. The lowest BCUT2D eigenvalue weighted by atomic mass is 9.82. The van der Waals surface area contributed by atoms with Crippen molar-refractivity contribution in [3.05, 3.63) is 41.7 Å². The van der Waals surface area contributed by atoms with Crippen LogP contribution in [-0.4, -0.2) is 23.7 Å². The average molecular weight is 298 g/mol. The van der Waals surface area contributed by atoms with Crippen LogP contribution in [0, 0.1) is 0 Å². The first kappa shape index (κ1) is 14.7. The summed E-state index contributed by atoms with van der Waals surface area (Å²) in [5, 5.41) is 4.47. The van der Waals surface area contributed by atoms with Gasteiger partial charge in [-0.15, -0.1) is 0 Å². The van der Waals surface area contributed by atoms with Gasteiger partial charge in [0.15, 0.2) is 0 Å². The standard InChI is InChI=1S/C18H22N2O2/c1-5-22-17(21)13-10-19-11-18(2,3)15-12-8-6-7-9-14(12)20(4)16(13)15/h6-10,19H,5,11H2,1-4H3. The maximum absolute atomic E-state index is 12.4. The number of para-hydroxylation sites is 1. The molecule has 1 aromatic carbocycles. The third-order valence-electron chi connectivity index (χ3n) is 4.32. The molecule has 3 rings (SSSR count). The summed E-state index contributed by atoms with van der Waals surface area (Å²) in [4.78, 5) is 12.4. The first-order valence-electron chi connectivity index (χ1n) is 7.66. The Morgan fingerprint density at radius 1 is 1.36 bits per heavy atom. The van der Waals surface area contributed by atoms with Gasteiger partial charge in [-0.3, -0.25) is 0 Å². The van der Waals surface area contributed by atoms with E-state index in [1.54, 1.807) is 6.20 Å². The third-order valence-corrected chi connectivity index (χ3v) is 4.32. The monoisotopic (exact) mass is 298 g/mol. The second kappa shape index (κ2) is 5.20. The predicted molar refractivity (Wildman–Crippen MR) is 88.6 cm³/mol. The van der Waals surface area contributed by atoms with E-state index in [0.717, 1.165) is 17.8 Å². The molecule has 2 aromatic rings. The Kier molecular flexibility index (Phi) is 3.47. The van der Waals surface area contributed by atoms with E-state index in [1.807, 2.05) is 26.1 Å². The van der Waals surface area contributed by atoms with Crippen molar-refractivity contribution in [1.82, 2.24) is 9.88 Å². The number of hydrogen-bond acceptors (Lipinski definition) is 3. The fourth-order valence-corrected chi connectivity index (χ4v) is 3.32. The molecule has 1 aliphatic rings. The first-order chi connectivity index (χ1) is 10.5. The van der Waals surface area contributed by atoms with E-state index in [4.69, 9.17) is 4.74 Å². The smallest absolute Gasteiger partial charge is 0.341 e. The van der Waals surface area contributed by atoms with E-state index < -0.39 is 0 Å². The minimum atomic E-state index is -0.278. The van der Waals surface area contributed by atoms with Gasteiger partial charge in [-0.05, 0) is 18.6 Å². The molecule has 22 heavy (non-hydrogen) atoms. The van der Waals surface area contributed by atoms with Crippen LogP contribution in [0.15, 0.2) is 30.5 Å². The topological polar surface area (TPSA) is 43.3 Å². The second-order valence-electron chi connectivity index (χ2n) is 6.34. The fraction of sp³-hybridized carbons (Fsp3) is 0.389. The van der Waals surface area contributed by atoms with E-state index in [2.05, 4.69) is 35.9 Å². The molecule has 0 fully saturated rings. The maximum atomic E-state index is 12.4. The molecule has 4 nitrogen and oxygen atoms in total. The van der Waals surface area contributed by atoms with Crippen LogP contribution in [0.2, 0.25) is 0 Å². The van der Waals surface area contributed by atoms with Crippen LogP contribution in [0.1, 0.15) is 32.0 Å². The van der Waals surface area contributed by atoms with E-state index in [9.17, 15) is 4.79 Å². The van der Waals surface area contributed by atoms with E-state index in [0.29, 0.717) is 12.2 Å². The minimum absolute atomic E-state index is 0.0824. The van der Waals surface area contributed by atoms with Crippen molar-refractivity contribution in [2.24, 2.45) is 7.05 Å². The summed E-state index contributed by atoms with van der Waals surface area (Å²) in [6.45, 7) is 7.38. The van der Waals surface area contributed by atoms with E-state index >= 15 is 0 Å². The van der Waals surface area contributed by atoms with Crippen molar-refractivity contribution >= 4 is 22.4 Å². The molecule has 0 radical (unpaired) electrons. The summed E-state index contributed by atoms with van der Waals surface area (Å²) in [6.07, 6.45) is 1.80. The highest BCUT2D eigenvalue weighted by Crippen LogP contribution is 2.39. The number of carbonyl (C=O) groups is 1. The lowest BCUT2D eigenvalue weighted by Gasteiger charge is -2.24. The first-order valence-corrected chi connectivity index (χ1v) is 7.66. The molecule has 0 saturated heterocycles. The van der Waals surface area contributed by atoms with Crippen molar-refractivity contribution in [2.75, 3.05) is 13.2 Å². The highest BCUT2D eigenvalue weighted by Gasteiger charge is 2.34. The number of aromatic nitrogens is 1. The molecule has 0 aliphatic carbocycles. The van der Waals surface area contributed by atoms with Crippen LogP contribution in [0.3, 0.4) is 0 Å². The van der Waals surface area contributed by atoms with Gasteiger partial charge in [-0.2, -0.15) is 0 Å². The van der Waals surface area contributed by atoms with Gasteiger partial charge in [0.2, 0.25) is 0 Å². The Morgan fingerprint density at radius 2 is 2.09 bits per heavy atom. The average Bonchev–Trinajstić information content (AvgIpc) is 2.69. The van der Waals surface area contributed by atoms with Gasteiger partial charge in [0.05, 0.1) is 17.9 Å². The molecule has 116 valence electrons. The van der Waals surface area contributed by atoms with Gasteiger partial charge in [0.25, 0.3) is 0 Å². The van der Waals surface area contributed by atoms with Crippen molar-refractivity contribution in [3.8, 4) is 0 Å². The van der Waals surface area contributed by atoms with Crippen LogP contribution >= 0.6 is 0 Å². The highest BCUT2D eigenvalue weighted by atomic mass is 16.5. The Morgan fingerprint density at radius 3 is 2.82 bits per heavy atom. The molecule has 2 heterocycles. The number of nitrogens with zero attached hydrogens (tertiary/aromatic N) is 1. The maximum Gasteiger partial charge on any atom is 0.341 e. The summed E-state index contributed by atoms with van der Waals surface area (Å²) in [6, 6.07) is 8.30. The highest BCUT2D eigenvalue weighted by molar-refractivity contribution is 6.18. The van der Waals surface area contributed by atoms with Crippen LogP contribution < -0.4 is 5.32 Å². The molecule has 0 amide bonds. The zero-order valence-electron chi connectivity index (χ0n) is 13.6. The van der Waals surface area contributed by atoms with Crippen molar-refractivity contribution < 1.29 is 9.53 Å². The van der Waals surface area contributed by atoms with Gasteiger partial charge in [-0.1, -0.05) is 32.0 Å². The number of ether oxygens (including phenoxy) is 1. The largest absolute Gasteiger partial charge is 0.462 e. The van der Waals surface area contributed by atoms with Gasteiger partial charge in [-0.25, -0.2) is 4.79 Å². The van der Waals surface area contributed by atoms with Gasteiger partial charge >= 0.3 is 5.97 Å². The molecule has 0 saturated carbocycles. The lowest BCUT2D eigenvalue weighted by Crippen LogP contribution is -2.29. The number of rotatable bonds is 2. The summed E-state index contributed by atoms with van der Waals surface area (Å²) in [5.74, 6) is -0.278. The molecule has 0 atom stereocenters. The lowest BCUT2D eigenvalue weighted by molar-refractivity contribution is -0.136. The zero-order valence-corrected chi connectivity index (χ0v) is 13.6. The molecule has 1 aromatic heterocycles. The van der Waals surface area contributed by atoms with Gasteiger partial charge in [0.1, 0.15) is 0 Å². The quantitative estimate of drug-likeness (QED) is 0.867. The molecular formula is C18H22N2O2. The molecule has 1 N–H and O–H groups in total. The molecule has 4 heteroatoms. The second-order valence-corrected chi connectivity index (χ2v) is 6.34. The van der Waals surface area contributed by atoms with Crippen molar-refractivity contribution in [1.29, 1.82) is 0 Å². The number of benzene rings is 1. The van der Waals surface area contributed by atoms with Gasteiger partial charge in [0, 0.05) is 36.1 Å². The van der Waals surface area contributed by atoms with E-state index in [1.165, 1.54) is 10.9 Å². The number of nitrogens with one attached hydrogen (secondary N) is 1. The normalized spacial score (nSPS) is 16.5. The zero-order chi connectivity index (χ0) is 15.9. The Balaban J connectivity index is 2.34. The third kappa shape index (κ3) is 2.10. The summed E-state index contributed by atoms with van der Waals surface area (Å²) in [5.41, 5.74) is 3.81.